The van der Waals surface area contributed by atoms with Crippen molar-refractivity contribution in [1.82, 2.24) is 9.78 Å². The highest BCUT2D eigenvalue weighted by atomic mass is 19.1. The monoisotopic (exact) mass is 299 g/mol. The Hall–Kier alpha value is -2.17. The zero-order valence-corrected chi connectivity index (χ0v) is 12.5. The lowest BCUT2D eigenvalue weighted by atomic mass is 9.86. The minimum atomic E-state index is -0.258. The lowest BCUT2D eigenvalue weighted by molar-refractivity contribution is -0.116. The number of halogens is 1. The molecule has 4 rings (SSSR count). The van der Waals surface area contributed by atoms with Crippen molar-refractivity contribution in [3.8, 4) is 0 Å². The van der Waals surface area contributed by atoms with E-state index in [0.717, 1.165) is 23.5 Å². The third kappa shape index (κ3) is 2.30. The standard InChI is InChI=1S/C17H18FN3O/c1-10-2-5-15(18)13(6-10)12-7-16(22)20-17-14(12)8-19-21(17)9-11-3-4-11/h2,5-6,8,11-12H,3-4,7,9H2,1H3,(H,20,22). The summed E-state index contributed by atoms with van der Waals surface area (Å²) in [6.07, 6.45) is 4.49. The Bertz CT molecular complexity index is 748. The highest BCUT2D eigenvalue weighted by molar-refractivity contribution is 5.94. The number of fused-ring (bicyclic) bond motifs is 1. The van der Waals surface area contributed by atoms with Crippen LogP contribution < -0.4 is 5.32 Å². The van der Waals surface area contributed by atoms with Gasteiger partial charge < -0.3 is 5.32 Å². The molecule has 114 valence electrons. The van der Waals surface area contributed by atoms with Gasteiger partial charge in [-0.15, -0.1) is 0 Å². The van der Waals surface area contributed by atoms with E-state index in [1.807, 2.05) is 17.7 Å². The van der Waals surface area contributed by atoms with E-state index in [1.54, 1.807) is 12.3 Å². The minimum Gasteiger partial charge on any atom is -0.311 e. The first-order chi connectivity index (χ1) is 10.6. The van der Waals surface area contributed by atoms with Gasteiger partial charge in [-0.05, 0) is 37.3 Å². The first-order valence-electron chi connectivity index (χ1n) is 7.73. The Balaban J connectivity index is 1.77. The molecule has 1 unspecified atom stereocenters. The number of hydrogen-bond donors (Lipinski definition) is 1. The molecule has 1 aliphatic carbocycles. The number of rotatable bonds is 3. The number of carbonyl (C=O) groups excluding carboxylic acids is 1. The van der Waals surface area contributed by atoms with Crippen molar-refractivity contribution in [2.75, 3.05) is 5.32 Å². The molecule has 1 aromatic heterocycles. The number of hydrogen-bond acceptors (Lipinski definition) is 2. The van der Waals surface area contributed by atoms with Crippen molar-refractivity contribution in [3.63, 3.8) is 0 Å². The maximum atomic E-state index is 14.2. The van der Waals surface area contributed by atoms with Gasteiger partial charge in [-0.3, -0.25) is 4.79 Å². The zero-order valence-electron chi connectivity index (χ0n) is 12.5. The van der Waals surface area contributed by atoms with Gasteiger partial charge in [0, 0.05) is 24.4 Å². The molecular weight excluding hydrogens is 281 g/mol. The van der Waals surface area contributed by atoms with Gasteiger partial charge in [0.25, 0.3) is 0 Å². The van der Waals surface area contributed by atoms with Gasteiger partial charge in [0.15, 0.2) is 0 Å². The maximum Gasteiger partial charge on any atom is 0.226 e. The number of aryl methyl sites for hydroxylation is 1. The van der Waals surface area contributed by atoms with Gasteiger partial charge in [-0.1, -0.05) is 17.7 Å². The molecular formula is C17H18FN3O. The molecule has 1 saturated carbocycles. The van der Waals surface area contributed by atoms with E-state index in [1.165, 1.54) is 18.9 Å². The molecule has 0 saturated heterocycles. The van der Waals surface area contributed by atoms with Crippen LogP contribution in [0.3, 0.4) is 0 Å². The molecule has 2 aliphatic rings. The van der Waals surface area contributed by atoms with Crippen LogP contribution in [0.2, 0.25) is 0 Å². The van der Waals surface area contributed by atoms with Crippen molar-refractivity contribution >= 4 is 11.7 Å². The predicted octanol–water partition coefficient (Wildman–Crippen LogP) is 3.21. The van der Waals surface area contributed by atoms with Gasteiger partial charge in [-0.2, -0.15) is 5.10 Å². The van der Waals surface area contributed by atoms with Gasteiger partial charge in [0.1, 0.15) is 11.6 Å². The fourth-order valence-corrected chi connectivity index (χ4v) is 3.16. The molecule has 2 aromatic rings. The summed E-state index contributed by atoms with van der Waals surface area (Å²) in [5, 5.41) is 7.33. The average molecular weight is 299 g/mol. The summed E-state index contributed by atoms with van der Waals surface area (Å²) in [5.74, 6) is 0.824. The first kappa shape index (κ1) is 13.5. The fraction of sp³-hybridized carbons (Fsp3) is 0.412. The smallest absolute Gasteiger partial charge is 0.226 e. The summed E-state index contributed by atoms with van der Waals surface area (Å²) in [4.78, 5) is 12.1. The van der Waals surface area contributed by atoms with Gasteiger partial charge >= 0.3 is 0 Å². The van der Waals surface area contributed by atoms with Crippen LogP contribution in [0.4, 0.5) is 10.2 Å². The minimum absolute atomic E-state index is 0.0732. The van der Waals surface area contributed by atoms with Gasteiger partial charge in [0.05, 0.1) is 6.20 Å². The van der Waals surface area contributed by atoms with Crippen LogP contribution in [0.1, 0.15) is 41.9 Å². The lowest BCUT2D eigenvalue weighted by Gasteiger charge is -2.24. The SMILES string of the molecule is Cc1ccc(F)c(C2CC(=O)Nc3c2cnn3CC2CC2)c1. The van der Waals surface area contributed by atoms with Gasteiger partial charge in [0.2, 0.25) is 5.91 Å². The van der Waals surface area contributed by atoms with E-state index in [2.05, 4.69) is 10.4 Å². The predicted molar refractivity (Wildman–Crippen MR) is 81.2 cm³/mol. The number of aromatic nitrogens is 2. The van der Waals surface area contributed by atoms with Crippen LogP contribution in [0.25, 0.3) is 0 Å². The maximum absolute atomic E-state index is 14.2. The van der Waals surface area contributed by atoms with Crippen LogP contribution >= 0.6 is 0 Å². The Kier molecular flexibility index (Phi) is 3.03. The summed E-state index contributed by atoms with van der Waals surface area (Å²) in [7, 11) is 0. The molecule has 5 heteroatoms. The summed E-state index contributed by atoms with van der Waals surface area (Å²) >= 11 is 0. The number of anilines is 1. The number of amides is 1. The summed E-state index contributed by atoms with van der Waals surface area (Å²) in [6.45, 7) is 2.77. The second kappa shape index (κ2) is 4.93. The van der Waals surface area contributed by atoms with Crippen molar-refractivity contribution in [2.24, 2.45) is 5.92 Å². The summed E-state index contributed by atoms with van der Waals surface area (Å²) in [5.41, 5.74) is 2.50. The number of nitrogens with zero attached hydrogens (tertiary/aromatic N) is 2. The van der Waals surface area contributed by atoms with Crippen molar-refractivity contribution in [1.29, 1.82) is 0 Å². The molecule has 1 aliphatic heterocycles. The van der Waals surface area contributed by atoms with Crippen LogP contribution in [0, 0.1) is 18.7 Å². The van der Waals surface area contributed by atoms with Crippen LogP contribution in [0.15, 0.2) is 24.4 Å². The average Bonchev–Trinajstić information content (AvgIpc) is 3.22. The molecule has 22 heavy (non-hydrogen) atoms. The summed E-state index contributed by atoms with van der Waals surface area (Å²) < 4.78 is 16.1. The molecule has 0 bridgehead atoms. The Morgan fingerprint density at radius 1 is 1.36 bits per heavy atom. The van der Waals surface area contributed by atoms with Crippen LogP contribution in [-0.2, 0) is 11.3 Å². The van der Waals surface area contributed by atoms with E-state index in [-0.39, 0.29) is 24.1 Å². The Morgan fingerprint density at radius 2 is 2.18 bits per heavy atom. The Labute approximate surface area is 128 Å². The molecule has 1 N–H and O–H groups in total. The van der Waals surface area contributed by atoms with E-state index in [0.29, 0.717) is 11.5 Å². The van der Waals surface area contributed by atoms with Crippen molar-refractivity contribution in [3.05, 3.63) is 46.9 Å². The van der Waals surface area contributed by atoms with E-state index in [4.69, 9.17) is 0 Å². The highest BCUT2D eigenvalue weighted by Crippen LogP contribution is 2.40. The topological polar surface area (TPSA) is 46.9 Å². The highest BCUT2D eigenvalue weighted by Gasteiger charge is 2.33. The van der Waals surface area contributed by atoms with Crippen LogP contribution in [0.5, 0.6) is 0 Å². The first-order valence-corrected chi connectivity index (χ1v) is 7.73. The fourth-order valence-electron chi connectivity index (χ4n) is 3.16. The van der Waals surface area contributed by atoms with Crippen molar-refractivity contribution in [2.45, 2.75) is 38.6 Å². The second-order valence-corrected chi connectivity index (χ2v) is 6.40. The third-order valence-electron chi connectivity index (χ3n) is 4.55. The number of nitrogens with one attached hydrogen (secondary N) is 1. The molecule has 1 aromatic carbocycles. The van der Waals surface area contributed by atoms with Crippen LogP contribution in [-0.4, -0.2) is 15.7 Å². The quantitative estimate of drug-likeness (QED) is 0.946. The number of benzene rings is 1. The number of carbonyl (C=O) groups is 1. The molecule has 1 fully saturated rings. The van der Waals surface area contributed by atoms with Gasteiger partial charge in [-0.25, -0.2) is 9.07 Å². The molecule has 0 spiro atoms. The molecule has 4 nitrogen and oxygen atoms in total. The van der Waals surface area contributed by atoms with E-state index < -0.39 is 0 Å². The van der Waals surface area contributed by atoms with E-state index in [9.17, 15) is 9.18 Å². The third-order valence-corrected chi connectivity index (χ3v) is 4.55. The molecule has 2 heterocycles. The zero-order chi connectivity index (χ0) is 15.3. The molecule has 1 amide bonds. The summed E-state index contributed by atoms with van der Waals surface area (Å²) in [6, 6.07) is 5.06. The Morgan fingerprint density at radius 3 is 2.95 bits per heavy atom. The second-order valence-electron chi connectivity index (χ2n) is 6.40. The molecule has 0 radical (unpaired) electrons. The molecule has 1 atom stereocenters. The van der Waals surface area contributed by atoms with E-state index >= 15 is 0 Å². The van der Waals surface area contributed by atoms with Crippen molar-refractivity contribution < 1.29 is 9.18 Å². The normalized spacial score (nSPS) is 20.6. The lowest BCUT2D eigenvalue weighted by Crippen LogP contribution is -2.25. The largest absolute Gasteiger partial charge is 0.311 e.